The third kappa shape index (κ3) is 5.08. The SMILES string of the molecule is CC1(C)c2cc(-c3cc4c(c5ccccc35)-c3c(ccc5ccccc35)C4(C)C)ccc2-c2ccc(-c3cc4c(c5ccccc35)-c3c(cc(-c5ccccc5)c5ccccc35)C4(C)C)cc21. The summed E-state index contributed by atoms with van der Waals surface area (Å²) < 4.78 is 0. The predicted octanol–water partition coefficient (Wildman–Crippen LogP) is 18.2. The highest BCUT2D eigenvalue weighted by molar-refractivity contribution is 6.17. The van der Waals surface area contributed by atoms with Crippen molar-refractivity contribution in [1.29, 1.82) is 0 Å². The lowest BCUT2D eigenvalue weighted by atomic mass is 9.78. The molecule has 0 aliphatic heterocycles. The van der Waals surface area contributed by atoms with Gasteiger partial charge < -0.3 is 0 Å². The van der Waals surface area contributed by atoms with Crippen LogP contribution in [0.2, 0.25) is 0 Å². The van der Waals surface area contributed by atoms with Crippen LogP contribution in [-0.4, -0.2) is 0 Å². The van der Waals surface area contributed by atoms with Crippen molar-refractivity contribution in [1.82, 2.24) is 0 Å². The molecule has 0 amide bonds. The molecular weight excluding hydrogens is 805 g/mol. The molecule has 11 aromatic carbocycles. The molecule has 0 atom stereocenters. The van der Waals surface area contributed by atoms with Gasteiger partial charge in [-0.1, -0.05) is 205 Å². The van der Waals surface area contributed by atoms with Crippen molar-refractivity contribution in [2.75, 3.05) is 0 Å². The van der Waals surface area contributed by atoms with E-state index < -0.39 is 0 Å². The summed E-state index contributed by atoms with van der Waals surface area (Å²) in [7, 11) is 0. The van der Waals surface area contributed by atoms with Crippen molar-refractivity contribution in [3.63, 3.8) is 0 Å². The Morgan fingerprint density at radius 1 is 0.224 bits per heavy atom. The maximum absolute atomic E-state index is 2.55. The number of hydrogen-bond acceptors (Lipinski definition) is 0. The van der Waals surface area contributed by atoms with E-state index in [-0.39, 0.29) is 16.2 Å². The first kappa shape index (κ1) is 38.7. The van der Waals surface area contributed by atoms with Gasteiger partial charge in [0.1, 0.15) is 0 Å². The molecule has 0 unspecified atom stereocenters. The first-order valence-corrected chi connectivity index (χ1v) is 24.1. The topological polar surface area (TPSA) is 0 Å². The van der Waals surface area contributed by atoms with Crippen LogP contribution in [0.15, 0.2) is 194 Å². The first-order chi connectivity index (χ1) is 32.5. The molecule has 318 valence electrons. The van der Waals surface area contributed by atoms with Gasteiger partial charge in [0.05, 0.1) is 0 Å². The highest BCUT2D eigenvalue weighted by atomic mass is 14.4. The summed E-state index contributed by atoms with van der Waals surface area (Å²) >= 11 is 0. The molecule has 0 radical (unpaired) electrons. The third-order valence-electron chi connectivity index (χ3n) is 16.6. The molecule has 0 fully saturated rings. The molecule has 0 aromatic heterocycles. The molecule has 11 aromatic rings. The van der Waals surface area contributed by atoms with E-state index in [4.69, 9.17) is 0 Å². The second-order valence-electron chi connectivity index (χ2n) is 21.1. The summed E-state index contributed by atoms with van der Waals surface area (Å²) in [6.45, 7) is 14.6. The summed E-state index contributed by atoms with van der Waals surface area (Å²) in [6, 6.07) is 74.1. The molecule has 3 aliphatic carbocycles. The highest BCUT2D eigenvalue weighted by Crippen LogP contribution is 2.59. The zero-order valence-electron chi connectivity index (χ0n) is 39.0. The summed E-state index contributed by atoms with van der Waals surface area (Å²) in [5.74, 6) is 0. The predicted molar refractivity (Wildman–Crippen MR) is 285 cm³/mol. The normalized spacial score (nSPS) is 15.4. The minimum atomic E-state index is -0.202. The monoisotopic (exact) mass is 854 g/mol. The Morgan fingerprint density at radius 2 is 0.582 bits per heavy atom. The van der Waals surface area contributed by atoms with Crippen molar-refractivity contribution in [2.45, 2.75) is 57.8 Å². The van der Waals surface area contributed by atoms with Crippen molar-refractivity contribution in [3.8, 4) is 66.8 Å². The second-order valence-corrected chi connectivity index (χ2v) is 21.1. The number of benzene rings is 11. The second kappa shape index (κ2) is 13.3. The first-order valence-electron chi connectivity index (χ1n) is 24.1. The highest BCUT2D eigenvalue weighted by Gasteiger charge is 2.42. The van der Waals surface area contributed by atoms with E-state index in [1.807, 2.05) is 0 Å². The van der Waals surface area contributed by atoms with Gasteiger partial charge in [0, 0.05) is 16.2 Å². The maximum Gasteiger partial charge on any atom is 0.0159 e. The largest absolute Gasteiger partial charge is 0.0622 e. The van der Waals surface area contributed by atoms with Gasteiger partial charge in [-0.05, 0) is 174 Å². The van der Waals surface area contributed by atoms with Crippen LogP contribution >= 0.6 is 0 Å². The fourth-order valence-electron chi connectivity index (χ4n) is 13.2. The number of rotatable bonds is 3. The van der Waals surface area contributed by atoms with Gasteiger partial charge in [-0.2, -0.15) is 0 Å². The van der Waals surface area contributed by atoms with Gasteiger partial charge in [0.25, 0.3) is 0 Å². The van der Waals surface area contributed by atoms with Gasteiger partial charge in [-0.15, -0.1) is 0 Å². The molecule has 0 saturated carbocycles. The fraction of sp³-hybridized carbons (Fsp3) is 0.134. The summed E-state index contributed by atoms with van der Waals surface area (Å²) in [6.07, 6.45) is 0. The van der Waals surface area contributed by atoms with Gasteiger partial charge >= 0.3 is 0 Å². The van der Waals surface area contributed by atoms with Crippen LogP contribution in [0.1, 0.15) is 74.9 Å². The molecule has 0 saturated heterocycles. The van der Waals surface area contributed by atoms with Crippen LogP contribution in [0.25, 0.3) is 110 Å². The summed E-state index contributed by atoms with van der Waals surface area (Å²) in [4.78, 5) is 0. The molecule has 0 heteroatoms. The number of hydrogen-bond donors (Lipinski definition) is 0. The van der Waals surface area contributed by atoms with E-state index in [9.17, 15) is 0 Å². The van der Waals surface area contributed by atoms with Crippen LogP contribution in [0.4, 0.5) is 0 Å². The summed E-state index contributed by atoms with van der Waals surface area (Å²) in [5, 5.41) is 10.6. The third-order valence-corrected chi connectivity index (χ3v) is 16.6. The van der Waals surface area contributed by atoms with Crippen LogP contribution in [-0.2, 0) is 16.2 Å². The van der Waals surface area contributed by atoms with Crippen LogP contribution < -0.4 is 0 Å². The lowest BCUT2D eigenvalue weighted by Crippen LogP contribution is -2.16. The lowest BCUT2D eigenvalue weighted by Gasteiger charge is -2.25. The number of fused-ring (bicyclic) bond motifs is 17. The average Bonchev–Trinajstić information content (AvgIpc) is 3.85. The maximum atomic E-state index is 2.55. The standard InChI is InChI=1S/C67H50/c1-65(2)55-33-30-40-20-10-11-21-43(40)61(55)62-50-26-16-13-23-45(50)53(37-58(62)65)41-28-31-47-48-32-29-42(35-57(48)66(3,4)56(47)34-41)54-38-60-64(51-27-17-14-24-46(51)54)63-49-25-15-12-22-44(49)52(36-59(63)67(60,5)6)39-18-8-7-9-19-39/h7-38H,1-6H3. The van der Waals surface area contributed by atoms with Crippen molar-refractivity contribution < 1.29 is 0 Å². The quantitative estimate of drug-likeness (QED) is 0.166. The molecule has 3 aliphatic rings. The zero-order valence-corrected chi connectivity index (χ0v) is 39.0. The van der Waals surface area contributed by atoms with Crippen LogP contribution in [0.5, 0.6) is 0 Å². The lowest BCUT2D eigenvalue weighted by molar-refractivity contribution is 0.660. The van der Waals surface area contributed by atoms with E-state index in [0.29, 0.717) is 0 Å². The van der Waals surface area contributed by atoms with E-state index in [1.54, 1.807) is 0 Å². The Bertz CT molecular complexity index is 3990. The van der Waals surface area contributed by atoms with E-state index >= 15 is 0 Å². The van der Waals surface area contributed by atoms with E-state index in [2.05, 4.69) is 236 Å². The molecule has 0 nitrogen and oxygen atoms in total. The van der Waals surface area contributed by atoms with Crippen LogP contribution in [0.3, 0.4) is 0 Å². The zero-order chi connectivity index (χ0) is 45.1. The van der Waals surface area contributed by atoms with Crippen molar-refractivity contribution in [3.05, 3.63) is 228 Å². The Hall–Kier alpha value is -7.54. The molecular formula is C67H50. The van der Waals surface area contributed by atoms with Crippen molar-refractivity contribution >= 4 is 43.1 Å². The van der Waals surface area contributed by atoms with E-state index in [0.717, 1.165) is 0 Å². The fourth-order valence-corrected chi connectivity index (χ4v) is 13.2. The summed E-state index contributed by atoms with van der Waals surface area (Å²) in [5.41, 5.74) is 23.9. The Balaban J connectivity index is 0.910. The van der Waals surface area contributed by atoms with Gasteiger partial charge in [0.2, 0.25) is 0 Å². The van der Waals surface area contributed by atoms with E-state index in [1.165, 1.54) is 143 Å². The van der Waals surface area contributed by atoms with Gasteiger partial charge in [-0.25, -0.2) is 0 Å². The molecule has 0 N–H and O–H groups in total. The molecule has 0 bridgehead atoms. The van der Waals surface area contributed by atoms with Gasteiger partial charge in [-0.3, -0.25) is 0 Å². The minimum Gasteiger partial charge on any atom is -0.0622 e. The molecule has 0 spiro atoms. The minimum absolute atomic E-state index is 0.130. The Morgan fingerprint density at radius 3 is 1.06 bits per heavy atom. The van der Waals surface area contributed by atoms with Crippen LogP contribution in [0, 0.1) is 0 Å². The smallest absolute Gasteiger partial charge is 0.0159 e. The Kier molecular flexibility index (Phi) is 7.68. The van der Waals surface area contributed by atoms with Crippen molar-refractivity contribution in [2.24, 2.45) is 0 Å². The molecule has 14 rings (SSSR count). The Labute approximate surface area is 393 Å². The van der Waals surface area contributed by atoms with Gasteiger partial charge in [0.15, 0.2) is 0 Å². The molecule has 67 heavy (non-hydrogen) atoms. The molecule has 0 heterocycles. The average molecular weight is 855 g/mol.